The fraction of sp³-hybridized carbons (Fsp3) is 0.857. The highest BCUT2D eigenvalue weighted by Gasteiger charge is 2.57. The molecule has 0 aromatic heterocycles. The maximum absolute atomic E-state index is 9.19. The van der Waals surface area contributed by atoms with Crippen molar-refractivity contribution < 1.29 is 5.11 Å². The van der Waals surface area contributed by atoms with Crippen LogP contribution in [0.1, 0.15) is 12.8 Å². The van der Waals surface area contributed by atoms with E-state index in [0.717, 1.165) is 12.8 Å². The van der Waals surface area contributed by atoms with Gasteiger partial charge in [0.15, 0.2) is 0 Å². The molecule has 0 bridgehead atoms. The molecule has 0 aromatic carbocycles. The average molecular weight is 123 g/mol. The predicted molar refractivity (Wildman–Crippen MR) is 31.3 cm³/mol. The molecule has 2 fully saturated rings. The summed E-state index contributed by atoms with van der Waals surface area (Å²) in [5, 5.41) is 17.7. The van der Waals surface area contributed by atoms with Crippen molar-refractivity contribution in [2.45, 2.75) is 18.9 Å². The molecule has 0 saturated heterocycles. The number of aliphatic hydroxyl groups is 1. The van der Waals surface area contributed by atoms with Crippen molar-refractivity contribution in [3.05, 3.63) is 0 Å². The van der Waals surface area contributed by atoms with Crippen molar-refractivity contribution >= 4 is 0 Å². The van der Waals surface area contributed by atoms with Crippen LogP contribution in [0.15, 0.2) is 0 Å². The molecule has 0 aromatic rings. The van der Waals surface area contributed by atoms with Gasteiger partial charge in [0.05, 0.1) is 18.1 Å². The van der Waals surface area contributed by atoms with E-state index in [0.29, 0.717) is 11.8 Å². The largest absolute Gasteiger partial charge is 0.393 e. The monoisotopic (exact) mass is 123 g/mol. The van der Waals surface area contributed by atoms with Gasteiger partial charge in [-0.25, -0.2) is 0 Å². The predicted octanol–water partition coefficient (Wildman–Crippen LogP) is 0.527. The molecule has 2 rings (SSSR count). The molecule has 0 spiro atoms. The Kier molecular flexibility index (Phi) is 0.866. The highest BCUT2D eigenvalue weighted by Crippen LogP contribution is 2.56. The first-order valence-electron chi connectivity index (χ1n) is 3.42. The number of nitrogens with zero attached hydrogens (tertiary/aromatic N) is 1. The summed E-state index contributed by atoms with van der Waals surface area (Å²) < 4.78 is 0. The van der Waals surface area contributed by atoms with Crippen LogP contribution in [-0.4, -0.2) is 11.2 Å². The van der Waals surface area contributed by atoms with Crippen molar-refractivity contribution in [1.82, 2.24) is 0 Å². The van der Waals surface area contributed by atoms with Crippen molar-refractivity contribution in [3.8, 4) is 6.07 Å². The Hall–Kier alpha value is -0.550. The molecule has 2 heteroatoms. The standard InChI is InChI=1S/C7H9NO/c8-3-5-4-1-2-6(9)7(4)5/h4-7,9H,1-2H2/t4-,5+,6-,7-/m0/s1. The minimum atomic E-state index is -0.153. The number of aliphatic hydroxyl groups excluding tert-OH is 1. The minimum absolute atomic E-state index is 0.153. The summed E-state index contributed by atoms with van der Waals surface area (Å²) in [6, 6.07) is 2.21. The Labute approximate surface area is 54.1 Å². The van der Waals surface area contributed by atoms with Crippen molar-refractivity contribution in [2.75, 3.05) is 0 Å². The van der Waals surface area contributed by atoms with Crippen LogP contribution in [0.5, 0.6) is 0 Å². The van der Waals surface area contributed by atoms with E-state index in [1.165, 1.54) is 0 Å². The van der Waals surface area contributed by atoms with Gasteiger partial charge in [0.1, 0.15) is 0 Å². The maximum Gasteiger partial charge on any atom is 0.0662 e. The van der Waals surface area contributed by atoms with E-state index in [4.69, 9.17) is 5.26 Å². The third kappa shape index (κ3) is 0.529. The van der Waals surface area contributed by atoms with Gasteiger partial charge in [-0.2, -0.15) is 5.26 Å². The molecular formula is C7H9NO. The van der Waals surface area contributed by atoms with Gasteiger partial charge in [0.2, 0.25) is 0 Å². The summed E-state index contributed by atoms with van der Waals surface area (Å²) in [7, 11) is 0. The number of hydrogen-bond acceptors (Lipinski definition) is 2. The molecule has 2 aliphatic rings. The molecule has 0 amide bonds. The van der Waals surface area contributed by atoms with Crippen LogP contribution in [0.3, 0.4) is 0 Å². The number of rotatable bonds is 0. The molecular weight excluding hydrogens is 114 g/mol. The molecule has 1 N–H and O–H groups in total. The van der Waals surface area contributed by atoms with Gasteiger partial charge < -0.3 is 5.11 Å². The summed E-state index contributed by atoms with van der Waals surface area (Å²) in [6.45, 7) is 0. The van der Waals surface area contributed by atoms with Gasteiger partial charge in [0, 0.05) is 5.92 Å². The summed E-state index contributed by atoms with van der Waals surface area (Å²) in [6.07, 6.45) is 1.84. The molecule has 2 nitrogen and oxygen atoms in total. The van der Waals surface area contributed by atoms with Gasteiger partial charge in [-0.1, -0.05) is 0 Å². The summed E-state index contributed by atoms with van der Waals surface area (Å²) in [5.74, 6) is 1.12. The SMILES string of the molecule is N#C[C@@H]1[C@@H]2CC[C@H](O)[C@H]12. The van der Waals surface area contributed by atoms with Crippen LogP contribution < -0.4 is 0 Å². The highest BCUT2D eigenvalue weighted by molar-refractivity contribution is 5.14. The second kappa shape index (κ2) is 1.48. The molecule has 2 aliphatic carbocycles. The van der Waals surface area contributed by atoms with E-state index in [-0.39, 0.29) is 12.0 Å². The number of fused-ring (bicyclic) bond motifs is 1. The Morgan fingerprint density at radius 2 is 2.22 bits per heavy atom. The Morgan fingerprint density at radius 3 is 2.56 bits per heavy atom. The second-order valence-corrected chi connectivity index (χ2v) is 3.04. The molecule has 48 valence electrons. The number of nitriles is 1. The molecule has 0 aliphatic heterocycles. The van der Waals surface area contributed by atoms with E-state index in [1.54, 1.807) is 0 Å². The molecule has 2 saturated carbocycles. The lowest BCUT2D eigenvalue weighted by Gasteiger charge is -2.00. The van der Waals surface area contributed by atoms with Crippen LogP contribution in [-0.2, 0) is 0 Å². The highest BCUT2D eigenvalue weighted by atomic mass is 16.3. The quantitative estimate of drug-likeness (QED) is 0.510. The first kappa shape index (κ1) is 5.25. The van der Waals surface area contributed by atoms with Gasteiger partial charge in [-0.15, -0.1) is 0 Å². The third-order valence-electron chi connectivity index (χ3n) is 2.62. The number of hydrogen-bond donors (Lipinski definition) is 1. The molecule has 9 heavy (non-hydrogen) atoms. The zero-order valence-electron chi connectivity index (χ0n) is 5.12. The van der Waals surface area contributed by atoms with E-state index in [1.807, 2.05) is 0 Å². The van der Waals surface area contributed by atoms with Gasteiger partial charge >= 0.3 is 0 Å². The zero-order valence-corrected chi connectivity index (χ0v) is 5.12. The van der Waals surface area contributed by atoms with E-state index in [9.17, 15) is 5.11 Å². The lowest BCUT2D eigenvalue weighted by molar-refractivity contribution is 0.154. The molecule has 0 heterocycles. The van der Waals surface area contributed by atoms with Crippen LogP contribution >= 0.6 is 0 Å². The van der Waals surface area contributed by atoms with E-state index in [2.05, 4.69) is 6.07 Å². The summed E-state index contributed by atoms with van der Waals surface area (Å²) in [5.41, 5.74) is 0. The lowest BCUT2D eigenvalue weighted by atomic mass is 10.1. The van der Waals surface area contributed by atoms with Crippen LogP contribution in [0.4, 0.5) is 0 Å². The minimum Gasteiger partial charge on any atom is -0.393 e. The van der Waals surface area contributed by atoms with Crippen molar-refractivity contribution in [2.24, 2.45) is 17.8 Å². The first-order valence-corrected chi connectivity index (χ1v) is 3.42. The summed E-state index contributed by atoms with van der Waals surface area (Å²) in [4.78, 5) is 0. The topological polar surface area (TPSA) is 44.0 Å². The summed E-state index contributed by atoms with van der Waals surface area (Å²) >= 11 is 0. The fourth-order valence-electron chi connectivity index (χ4n) is 2.03. The second-order valence-electron chi connectivity index (χ2n) is 3.04. The fourth-order valence-corrected chi connectivity index (χ4v) is 2.03. The Bertz CT molecular complexity index is 172. The van der Waals surface area contributed by atoms with E-state index < -0.39 is 0 Å². The molecule has 0 unspecified atom stereocenters. The van der Waals surface area contributed by atoms with Gasteiger partial charge in [-0.05, 0) is 18.8 Å². The van der Waals surface area contributed by atoms with Crippen molar-refractivity contribution in [1.29, 1.82) is 5.26 Å². The zero-order chi connectivity index (χ0) is 6.43. The first-order chi connectivity index (χ1) is 4.34. The maximum atomic E-state index is 9.19. The normalized spacial score (nSPS) is 54.2. The Balaban J connectivity index is 2.08. The van der Waals surface area contributed by atoms with Gasteiger partial charge in [0.25, 0.3) is 0 Å². The molecule has 4 atom stereocenters. The van der Waals surface area contributed by atoms with Crippen molar-refractivity contribution in [3.63, 3.8) is 0 Å². The van der Waals surface area contributed by atoms with Crippen LogP contribution in [0.2, 0.25) is 0 Å². The van der Waals surface area contributed by atoms with Crippen LogP contribution in [0.25, 0.3) is 0 Å². The lowest BCUT2D eigenvalue weighted by Crippen LogP contribution is -2.06. The van der Waals surface area contributed by atoms with E-state index >= 15 is 0 Å². The third-order valence-corrected chi connectivity index (χ3v) is 2.62. The van der Waals surface area contributed by atoms with Crippen LogP contribution in [0, 0.1) is 29.1 Å². The molecule has 0 radical (unpaired) electrons. The Morgan fingerprint density at radius 1 is 1.44 bits per heavy atom. The average Bonchev–Trinajstić information content (AvgIpc) is 2.46. The van der Waals surface area contributed by atoms with Gasteiger partial charge in [-0.3, -0.25) is 0 Å². The smallest absolute Gasteiger partial charge is 0.0662 e.